The fourth-order valence-electron chi connectivity index (χ4n) is 3.83. The van der Waals surface area contributed by atoms with E-state index in [-0.39, 0.29) is 34.1 Å². The number of rotatable bonds is 8. The predicted octanol–water partition coefficient (Wildman–Crippen LogP) is 2.07. The number of likely N-dealkylation sites (N-methyl/N-ethyl adjacent to an activating group) is 2. The van der Waals surface area contributed by atoms with Crippen LogP contribution in [-0.2, 0) is 29.1 Å². The molecule has 3 rings (SSSR count). The number of hydrogen-bond donors (Lipinski definition) is 0. The molecule has 13 heteroatoms. The van der Waals surface area contributed by atoms with Crippen molar-refractivity contribution in [2.45, 2.75) is 28.8 Å². The molecule has 2 aromatic rings. The Kier molecular flexibility index (Phi) is 8.93. The highest BCUT2D eigenvalue weighted by Crippen LogP contribution is 2.34. The van der Waals surface area contributed by atoms with Gasteiger partial charge in [-0.3, -0.25) is 14.4 Å². The zero-order valence-corrected chi connectivity index (χ0v) is 22.7. The molecule has 0 radical (unpaired) electrons. The molecule has 1 aliphatic rings. The zero-order chi connectivity index (χ0) is 26.6. The molecule has 0 aliphatic carbocycles. The van der Waals surface area contributed by atoms with Crippen molar-refractivity contribution < 1.29 is 32.3 Å². The first kappa shape index (κ1) is 27.8. The minimum Gasteiger partial charge on any atom is -0.465 e. The molecule has 0 saturated carbocycles. The molecule has 0 bridgehead atoms. The van der Waals surface area contributed by atoms with Crippen molar-refractivity contribution in [3.8, 4) is 0 Å². The molecule has 1 aliphatic heterocycles. The summed E-state index contributed by atoms with van der Waals surface area (Å²) in [6, 6.07) is 8.28. The van der Waals surface area contributed by atoms with E-state index in [9.17, 15) is 27.6 Å². The zero-order valence-electron chi connectivity index (χ0n) is 20.2. The monoisotopic (exact) mass is 553 g/mol. The minimum absolute atomic E-state index is 0.0229. The molecule has 194 valence electrons. The Balaban J connectivity index is 1.74. The smallest absolute Gasteiger partial charge is 0.337 e. The van der Waals surface area contributed by atoms with Gasteiger partial charge in [0, 0.05) is 38.5 Å². The Morgan fingerprint density at radius 1 is 1.14 bits per heavy atom. The first-order valence-electron chi connectivity index (χ1n) is 10.9. The number of anilines is 1. The second-order valence-electron chi connectivity index (χ2n) is 8.18. The van der Waals surface area contributed by atoms with E-state index in [1.54, 1.807) is 23.6 Å². The summed E-state index contributed by atoms with van der Waals surface area (Å²) in [5.74, 6) is -1.43. The third kappa shape index (κ3) is 6.14. The van der Waals surface area contributed by atoms with Crippen LogP contribution in [-0.4, -0.2) is 86.1 Å². The van der Waals surface area contributed by atoms with Crippen LogP contribution >= 0.6 is 23.1 Å². The van der Waals surface area contributed by atoms with E-state index >= 15 is 0 Å². The Morgan fingerprint density at radius 2 is 1.81 bits per heavy atom. The van der Waals surface area contributed by atoms with Gasteiger partial charge in [-0.15, -0.1) is 11.3 Å². The van der Waals surface area contributed by atoms with Gasteiger partial charge in [-0.2, -0.15) is 4.31 Å². The second kappa shape index (κ2) is 11.5. The van der Waals surface area contributed by atoms with Crippen LogP contribution in [0.25, 0.3) is 0 Å². The molecule has 0 unspecified atom stereocenters. The lowest BCUT2D eigenvalue weighted by molar-refractivity contribution is -0.136. The van der Waals surface area contributed by atoms with Crippen LogP contribution in [0.2, 0.25) is 0 Å². The van der Waals surface area contributed by atoms with Crippen LogP contribution in [0.4, 0.5) is 5.69 Å². The largest absolute Gasteiger partial charge is 0.465 e. The number of thioether (sulfide) groups is 1. The lowest BCUT2D eigenvalue weighted by atomic mass is 10.2. The molecule has 2 heterocycles. The maximum atomic E-state index is 13.4. The van der Waals surface area contributed by atoms with Gasteiger partial charge >= 0.3 is 5.97 Å². The Bertz CT molecular complexity index is 1230. The lowest BCUT2D eigenvalue weighted by Crippen LogP contribution is -2.49. The van der Waals surface area contributed by atoms with Gasteiger partial charge in [-0.05, 0) is 42.1 Å². The van der Waals surface area contributed by atoms with Crippen LogP contribution in [0, 0.1) is 0 Å². The highest BCUT2D eigenvalue weighted by molar-refractivity contribution is 8.14. The third-order valence-corrected chi connectivity index (χ3v) is 9.95. The van der Waals surface area contributed by atoms with Crippen LogP contribution in [0.1, 0.15) is 23.7 Å². The Hall–Kier alpha value is -2.74. The van der Waals surface area contributed by atoms with E-state index in [0.717, 1.165) is 27.4 Å². The summed E-state index contributed by atoms with van der Waals surface area (Å²) in [6.45, 7) is 1.13. The molecule has 2 atom stereocenters. The normalized spacial score (nSPS) is 18.0. The quantitative estimate of drug-likeness (QED) is 0.456. The molecule has 1 aromatic carbocycles. The summed E-state index contributed by atoms with van der Waals surface area (Å²) in [7, 11) is 0.307. The van der Waals surface area contributed by atoms with Crippen molar-refractivity contribution in [3.63, 3.8) is 0 Å². The molecule has 0 N–H and O–H groups in total. The van der Waals surface area contributed by atoms with Crippen LogP contribution < -0.4 is 4.90 Å². The van der Waals surface area contributed by atoms with Crippen molar-refractivity contribution >= 4 is 61.7 Å². The summed E-state index contributed by atoms with van der Waals surface area (Å²) in [4.78, 5) is 52.0. The SMILES string of the molecule is COC(=O)c1ccc(N(C)C(=O)CN(C)C(=O)[C@@H]2C[C@@H](SC(C)=O)CN2S(=O)(=O)c2cccs2)cc1. The average Bonchev–Trinajstić information content (AvgIpc) is 3.53. The van der Waals surface area contributed by atoms with Gasteiger partial charge in [-0.25, -0.2) is 13.2 Å². The summed E-state index contributed by atoms with van der Waals surface area (Å²) in [5, 5.41) is 1.11. The van der Waals surface area contributed by atoms with Crippen molar-refractivity contribution in [1.29, 1.82) is 0 Å². The Morgan fingerprint density at radius 3 is 2.36 bits per heavy atom. The highest BCUT2D eigenvalue weighted by Gasteiger charge is 2.46. The highest BCUT2D eigenvalue weighted by atomic mass is 32.2. The van der Waals surface area contributed by atoms with Gasteiger partial charge in [0.1, 0.15) is 10.3 Å². The van der Waals surface area contributed by atoms with Crippen LogP contribution in [0.3, 0.4) is 0 Å². The predicted molar refractivity (Wildman–Crippen MR) is 138 cm³/mol. The second-order valence-corrected chi connectivity index (χ2v) is 12.7. The van der Waals surface area contributed by atoms with E-state index in [1.165, 1.54) is 56.1 Å². The number of amides is 2. The number of esters is 1. The van der Waals surface area contributed by atoms with E-state index in [0.29, 0.717) is 11.3 Å². The fourth-order valence-corrected chi connectivity index (χ4v) is 7.66. The van der Waals surface area contributed by atoms with E-state index in [4.69, 9.17) is 0 Å². The van der Waals surface area contributed by atoms with Gasteiger partial charge in [-0.1, -0.05) is 17.8 Å². The number of methoxy groups -OCH3 is 1. The molecule has 2 amide bonds. The first-order chi connectivity index (χ1) is 16.9. The summed E-state index contributed by atoms with van der Waals surface area (Å²) in [5.41, 5.74) is 0.842. The lowest BCUT2D eigenvalue weighted by Gasteiger charge is -2.28. The van der Waals surface area contributed by atoms with Gasteiger partial charge < -0.3 is 14.5 Å². The third-order valence-electron chi connectivity index (χ3n) is 5.69. The summed E-state index contributed by atoms with van der Waals surface area (Å²) in [6.07, 6.45) is 0.164. The number of ether oxygens (including phenoxy) is 1. The molecular formula is C23H27N3O7S3. The Labute approximate surface area is 218 Å². The molecule has 0 spiro atoms. The molecule has 1 aromatic heterocycles. The molecule has 36 heavy (non-hydrogen) atoms. The van der Waals surface area contributed by atoms with Crippen molar-refractivity contribution in [1.82, 2.24) is 9.21 Å². The molecular weight excluding hydrogens is 526 g/mol. The van der Waals surface area contributed by atoms with Crippen LogP contribution in [0.15, 0.2) is 46.0 Å². The van der Waals surface area contributed by atoms with Crippen molar-refractivity contribution in [2.75, 3.05) is 39.2 Å². The van der Waals surface area contributed by atoms with Gasteiger partial charge in [0.05, 0.1) is 19.2 Å². The number of benzene rings is 1. The van der Waals surface area contributed by atoms with E-state index in [2.05, 4.69) is 4.74 Å². The molecule has 1 saturated heterocycles. The first-order valence-corrected chi connectivity index (χ1v) is 14.1. The number of thiophene rings is 1. The standard InChI is InChI=1S/C23H27N3O7S3/c1-15(27)35-18-12-19(26(13-18)36(31,32)21-6-5-11-34-21)22(29)24(2)14-20(28)25(3)17-9-7-16(8-10-17)23(30)33-4/h5-11,18-19H,12-14H2,1-4H3/t18-,19+/m1/s1. The minimum atomic E-state index is -3.95. The topological polar surface area (TPSA) is 121 Å². The number of sulfonamides is 1. The van der Waals surface area contributed by atoms with Gasteiger partial charge in [0.25, 0.3) is 10.0 Å². The maximum Gasteiger partial charge on any atom is 0.337 e. The maximum absolute atomic E-state index is 13.4. The number of nitrogens with zero attached hydrogens (tertiary/aromatic N) is 3. The van der Waals surface area contributed by atoms with Crippen LogP contribution in [0.5, 0.6) is 0 Å². The number of hydrogen-bond acceptors (Lipinski definition) is 9. The number of carbonyl (C=O) groups is 4. The summed E-state index contributed by atoms with van der Waals surface area (Å²) < 4.78 is 32.4. The van der Waals surface area contributed by atoms with Crippen molar-refractivity contribution in [3.05, 3.63) is 47.3 Å². The molecule has 1 fully saturated rings. The summed E-state index contributed by atoms with van der Waals surface area (Å²) >= 11 is 2.06. The van der Waals surface area contributed by atoms with Gasteiger partial charge in [0.2, 0.25) is 11.8 Å². The average molecular weight is 554 g/mol. The van der Waals surface area contributed by atoms with Crippen molar-refractivity contribution in [2.24, 2.45) is 0 Å². The van der Waals surface area contributed by atoms with E-state index in [1.807, 2.05) is 0 Å². The fraction of sp³-hybridized carbons (Fsp3) is 0.391. The molecule has 10 nitrogen and oxygen atoms in total. The number of carbonyl (C=O) groups excluding carboxylic acids is 4. The van der Waals surface area contributed by atoms with E-state index < -0.39 is 33.8 Å². The van der Waals surface area contributed by atoms with Gasteiger partial charge in [0.15, 0.2) is 5.12 Å².